The van der Waals surface area contributed by atoms with Gasteiger partial charge in [-0.1, -0.05) is 43.7 Å². The molecule has 2 nitrogen and oxygen atoms in total. The average Bonchev–Trinajstić information content (AvgIpc) is 2.34. The van der Waals surface area contributed by atoms with Gasteiger partial charge in [0.2, 0.25) is 0 Å². The zero-order valence-corrected chi connectivity index (χ0v) is 10.9. The highest BCUT2D eigenvalue weighted by Crippen LogP contribution is 2.20. The van der Waals surface area contributed by atoms with Gasteiger partial charge in [0, 0.05) is 6.61 Å². The summed E-state index contributed by atoms with van der Waals surface area (Å²) in [5, 5.41) is 9.81. The van der Waals surface area contributed by atoms with Crippen molar-refractivity contribution in [1.29, 1.82) is 0 Å². The van der Waals surface area contributed by atoms with Gasteiger partial charge >= 0.3 is 0 Å². The van der Waals surface area contributed by atoms with E-state index in [-0.39, 0.29) is 12.2 Å². The third-order valence-corrected chi connectivity index (χ3v) is 2.91. The molecule has 2 atom stereocenters. The Bertz CT molecular complexity index is 289. The van der Waals surface area contributed by atoms with Gasteiger partial charge < -0.3 is 9.84 Å². The second-order valence-corrected chi connectivity index (χ2v) is 4.51. The first-order chi connectivity index (χ1) is 8.25. The Morgan fingerprint density at radius 1 is 1.35 bits per heavy atom. The maximum Gasteiger partial charge on any atom is 0.104 e. The second-order valence-electron chi connectivity index (χ2n) is 4.51. The van der Waals surface area contributed by atoms with Crippen LogP contribution in [0.15, 0.2) is 36.0 Å². The zero-order chi connectivity index (χ0) is 12.5. The number of hydrogen-bond acceptors (Lipinski definition) is 2. The maximum absolute atomic E-state index is 9.81. The van der Waals surface area contributed by atoms with Crippen LogP contribution in [-0.4, -0.2) is 23.9 Å². The van der Waals surface area contributed by atoms with Gasteiger partial charge in [-0.05, 0) is 31.8 Å². The Kier molecular flexibility index (Phi) is 6.90. The maximum atomic E-state index is 9.81. The largest absolute Gasteiger partial charge is 0.390 e. The fourth-order valence-electron chi connectivity index (χ4n) is 1.91. The number of aliphatic hydroxyl groups is 1. The number of aliphatic hydroxyl groups excluding tert-OH is 1. The third kappa shape index (κ3) is 5.33. The predicted molar refractivity (Wildman–Crippen MR) is 71.9 cm³/mol. The van der Waals surface area contributed by atoms with Crippen molar-refractivity contribution in [3.05, 3.63) is 36.0 Å². The molecule has 0 spiro atoms. The molecule has 96 valence electrons. The predicted octanol–water partition coefficient (Wildman–Crippen LogP) is 3.39. The molecule has 1 N–H and O–H groups in total. The summed E-state index contributed by atoms with van der Waals surface area (Å²) >= 11 is 0. The number of unbranched alkanes of at least 4 members (excludes halogenated alkanes) is 1. The molecule has 0 saturated carbocycles. The molecule has 1 saturated heterocycles. The van der Waals surface area contributed by atoms with Crippen LogP contribution in [0.5, 0.6) is 0 Å². The van der Waals surface area contributed by atoms with Crippen LogP contribution >= 0.6 is 0 Å². The van der Waals surface area contributed by atoms with Gasteiger partial charge in [0.1, 0.15) is 6.10 Å². The number of hydrogen-bond donors (Lipinski definition) is 1. The van der Waals surface area contributed by atoms with Crippen LogP contribution in [0.25, 0.3) is 0 Å². The Hall–Kier alpha value is -0.860. The van der Waals surface area contributed by atoms with Crippen molar-refractivity contribution in [2.45, 2.75) is 51.7 Å². The molecule has 0 bridgehead atoms. The van der Waals surface area contributed by atoms with Crippen molar-refractivity contribution in [1.82, 2.24) is 0 Å². The van der Waals surface area contributed by atoms with Gasteiger partial charge in [-0.2, -0.15) is 0 Å². The van der Waals surface area contributed by atoms with E-state index < -0.39 is 0 Å². The van der Waals surface area contributed by atoms with E-state index in [4.69, 9.17) is 4.74 Å². The molecule has 0 aromatic carbocycles. The molecule has 1 aliphatic rings. The van der Waals surface area contributed by atoms with Crippen molar-refractivity contribution < 1.29 is 9.84 Å². The van der Waals surface area contributed by atoms with Crippen molar-refractivity contribution in [3.63, 3.8) is 0 Å². The Morgan fingerprint density at radius 3 is 2.88 bits per heavy atom. The van der Waals surface area contributed by atoms with Crippen LogP contribution in [0, 0.1) is 0 Å². The summed E-state index contributed by atoms with van der Waals surface area (Å²) in [5.41, 5.74) is 1.09. The van der Waals surface area contributed by atoms with E-state index >= 15 is 0 Å². The minimum absolute atomic E-state index is 0.118. The first-order valence-electron chi connectivity index (χ1n) is 6.55. The van der Waals surface area contributed by atoms with Gasteiger partial charge in [-0.3, -0.25) is 0 Å². The Morgan fingerprint density at radius 2 is 2.18 bits per heavy atom. The summed E-state index contributed by atoms with van der Waals surface area (Å²) in [5.74, 6) is 0. The van der Waals surface area contributed by atoms with Crippen LogP contribution in [0.2, 0.25) is 0 Å². The normalized spacial score (nSPS) is 27.1. The fraction of sp³-hybridized carbons (Fsp3) is 0.600. The van der Waals surface area contributed by atoms with Crippen LogP contribution < -0.4 is 0 Å². The van der Waals surface area contributed by atoms with Crippen molar-refractivity contribution in [2.75, 3.05) is 6.61 Å². The Labute approximate surface area is 105 Å². The lowest BCUT2D eigenvalue weighted by Crippen LogP contribution is -2.34. The van der Waals surface area contributed by atoms with E-state index in [1.54, 1.807) is 0 Å². The highest BCUT2D eigenvalue weighted by atomic mass is 16.5. The molecule has 0 amide bonds. The summed E-state index contributed by atoms with van der Waals surface area (Å²) in [4.78, 5) is 0. The van der Waals surface area contributed by atoms with Crippen LogP contribution in [0.3, 0.4) is 0 Å². The molecule has 1 aliphatic heterocycles. The van der Waals surface area contributed by atoms with E-state index in [1.165, 1.54) is 6.42 Å². The van der Waals surface area contributed by atoms with Crippen molar-refractivity contribution in [3.8, 4) is 0 Å². The number of allylic oxidation sites excluding steroid dienone is 5. The average molecular weight is 236 g/mol. The molecule has 17 heavy (non-hydrogen) atoms. The molecule has 0 aromatic rings. The number of rotatable bonds is 5. The molecule has 0 radical (unpaired) electrons. The molecule has 1 fully saturated rings. The molecule has 1 heterocycles. The molecule has 0 aliphatic carbocycles. The lowest BCUT2D eigenvalue weighted by molar-refractivity contribution is -0.0540. The zero-order valence-electron chi connectivity index (χ0n) is 10.9. The number of ether oxygens (including phenoxy) is 1. The van der Waals surface area contributed by atoms with E-state index in [0.717, 1.165) is 31.4 Å². The molecular formula is C15H24O2. The summed E-state index contributed by atoms with van der Waals surface area (Å²) < 4.78 is 5.58. The minimum atomic E-state index is -0.343. The van der Waals surface area contributed by atoms with Gasteiger partial charge in [0.05, 0.1) is 6.10 Å². The molecule has 0 aromatic heterocycles. The Balaban J connectivity index is 2.42. The lowest BCUT2D eigenvalue weighted by atomic mass is 9.99. The lowest BCUT2D eigenvalue weighted by Gasteiger charge is -2.28. The van der Waals surface area contributed by atoms with Gasteiger partial charge in [0.15, 0.2) is 0 Å². The van der Waals surface area contributed by atoms with E-state index in [2.05, 4.69) is 19.1 Å². The summed E-state index contributed by atoms with van der Waals surface area (Å²) in [6.07, 6.45) is 13.9. The van der Waals surface area contributed by atoms with Crippen LogP contribution in [-0.2, 0) is 4.74 Å². The van der Waals surface area contributed by atoms with Crippen molar-refractivity contribution >= 4 is 0 Å². The summed E-state index contributed by atoms with van der Waals surface area (Å²) in [7, 11) is 0. The van der Waals surface area contributed by atoms with Crippen LogP contribution in [0.4, 0.5) is 0 Å². The first kappa shape index (κ1) is 14.2. The third-order valence-electron chi connectivity index (χ3n) is 2.91. The van der Waals surface area contributed by atoms with Gasteiger partial charge in [0.25, 0.3) is 0 Å². The van der Waals surface area contributed by atoms with Crippen LogP contribution in [0.1, 0.15) is 39.5 Å². The fourth-order valence-corrected chi connectivity index (χ4v) is 1.91. The highest BCUT2D eigenvalue weighted by molar-refractivity contribution is 5.19. The SMILES string of the molecule is CCC/C=C/C=C\C=C(/C)[C@@H]1OCCC[C@H]1O. The van der Waals surface area contributed by atoms with E-state index in [0.29, 0.717) is 0 Å². The smallest absolute Gasteiger partial charge is 0.104 e. The quantitative estimate of drug-likeness (QED) is 0.741. The monoisotopic (exact) mass is 236 g/mol. The van der Waals surface area contributed by atoms with E-state index in [9.17, 15) is 5.11 Å². The highest BCUT2D eigenvalue weighted by Gasteiger charge is 2.24. The molecule has 1 rings (SSSR count). The van der Waals surface area contributed by atoms with Crippen molar-refractivity contribution in [2.24, 2.45) is 0 Å². The molecule has 2 heteroatoms. The van der Waals surface area contributed by atoms with Gasteiger partial charge in [-0.25, -0.2) is 0 Å². The second kappa shape index (κ2) is 8.26. The summed E-state index contributed by atoms with van der Waals surface area (Å²) in [6.45, 7) is 4.94. The molecular weight excluding hydrogens is 212 g/mol. The minimum Gasteiger partial charge on any atom is -0.390 e. The van der Waals surface area contributed by atoms with Gasteiger partial charge in [-0.15, -0.1) is 0 Å². The van der Waals surface area contributed by atoms with E-state index in [1.807, 2.05) is 25.2 Å². The topological polar surface area (TPSA) is 29.5 Å². The molecule has 0 unspecified atom stereocenters. The first-order valence-corrected chi connectivity index (χ1v) is 6.55. The standard InChI is InChI=1S/C15H24O2/c1-3-4-5-6-7-8-10-13(2)15-14(16)11-9-12-17-15/h5-8,10,14-16H,3-4,9,11-12H2,1-2H3/b6-5+,8-7-,13-10+/t14-,15+/m1/s1. The summed E-state index contributed by atoms with van der Waals surface area (Å²) in [6, 6.07) is 0.